The molecule has 1 N–H and O–H groups in total. The third-order valence-corrected chi connectivity index (χ3v) is 3.79. The van der Waals surface area contributed by atoms with Gasteiger partial charge in [0.15, 0.2) is 6.61 Å². The highest BCUT2D eigenvalue weighted by Crippen LogP contribution is 2.19. The number of rotatable bonds is 7. The molecule has 0 amide bonds. The van der Waals surface area contributed by atoms with Crippen LogP contribution in [-0.2, 0) is 9.57 Å². The number of hydrogen-bond acceptors (Lipinski definition) is 5. The second-order valence-electron chi connectivity index (χ2n) is 5.33. The highest BCUT2D eigenvalue weighted by atomic mass is 35.5. The zero-order valence-electron chi connectivity index (χ0n) is 14.3. The molecule has 0 saturated heterocycles. The molecule has 2 rings (SSSR count). The molecule has 25 heavy (non-hydrogen) atoms. The quantitative estimate of drug-likeness (QED) is 0.352. The van der Waals surface area contributed by atoms with Gasteiger partial charge < -0.3 is 14.6 Å². The lowest BCUT2D eigenvalue weighted by Crippen LogP contribution is -2.10. The first-order valence-corrected chi connectivity index (χ1v) is 8.12. The van der Waals surface area contributed by atoms with Gasteiger partial charge in [-0.2, -0.15) is 0 Å². The number of hydrogen-bond donors (Lipinski definition) is 1. The number of esters is 1. The number of nitrogens with one attached hydrogen (secondary N) is 1. The predicted octanol–water partition coefficient (Wildman–Crippen LogP) is 3.70. The number of halogens is 1. The monoisotopic (exact) mass is 362 g/mol. The maximum absolute atomic E-state index is 12.3. The van der Waals surface area contributed by atoms with Crippen LogP contribution in [0.2, 0.25) is 5.02 Å². The summed E-state index contributed by atoms with van der Waals surface area (Å²) in [7, 11) is 0. The Morgan fingerprint density at radius 2 is 1.92 bits per heavy atom. The van der Waals surface area contributed by atoms with Gasteiger partial charge in [-0.05, 0) is 44.0 Å². The number of H-pyrrole nitrogens is 1. The first-order chi connectivity index (χ1) is 11.9. The zero-order valence-corrected chi connectivity index (χ0v) is 15.0. The van der Waals surface area contributed by atoms with E-state index in [9.17, 15) is 9.59 Å². The van der Waals surface area contributed by atoms with Crippen LogP contribution in [0, 0.1) is 13.8 Å². The van der Waals surface area contributed by atoms with Crippen LogP contribution in [0.15, 0.2) is 29.4 Å². The molecule has 132 valence electrons. The molecule has 0 saturated carbocycles. The fraction of sp³-hybridized carbons (Fsp3) is 0.278. The van der Waals surface area contributed by atoms with Crippen molar-refractivity contribution >= 4 is 29.6 Å². The molecule has 1 aromatic carbocycles. The van der Waals surface area contributed by atoms with E-state index in [0.29, 0.717) is 27.5 Å². The van der Waals surface area contributed by atoms with Gasteiger partial charge in [0.05, 0.1) is 24.1 Å². The number of Topliss-reactive ketones (excluding diaryl/α,β-unsaturated/α-hetero) is 1. The Bertz CT molecular complexity index is 794. The van der Waals surface area contributed by atoms with Crippen LogP contribution in [-0.4, -0.2) is 36.2 Å². The Labute approximate surface area is 150 Å². The van der Waals surface area contributed by atoms with Gasteiger partial charge in [-0.25, -0.2) is 4.79 Å². The van der Waals surface area contributed by atoms with Crippen LogP contribution in [0.3, 0.4) is 0 Å². The lowest BCUT2D eigenvalue weighted by molar-refractivity contribution is 0.0525. The zero-order chi connectivity index (χ0) is 18.4. The number of aryl methyl sites for hydroxylation is 1. The summed E-state index contributed by atoms with van der Waals surface area (Å²) in [5.74, 6) is -0.751. The summed E-state index contributed by atoms with van der Waals surface area (Å²) in [5.41, 5.74) is 2.64. The third kappa shape index (κ3) is 4.70. The van der Waals surface area contributed by atoms with E-state index in [0.717, 1.165) is 5.56 Å². The summed E-state index contributed by atoms with van der Waals surface area (Å²) in [5, 5.41) is 4.39. The van der Waals surface area contributed by atoms with E-state index >= 15 is 0 Å². The summed E-state index contributed by atoms with van der Waals surface area (Å²) < 4.78 is 5.00. The Morgan fingerprint density at radius 1 is 1.24 bits per heavy atom. The average Bonchev–Trinajstić information content (AvgIpc) is 2.88. The number of oxime groups is 1. The van der Waals surface area contributed by atoms with Gasteiger partial charge >= 0.3 is 5.97 Å². The Balaban J connectivity index is 2.00. The number of carbonyl (C=O) groups is 2. The van der Waals surface area contributed by atoms with E-state index < -0.39 is 5.97 Å². The summed E-state index contributed by atoms with van der Waals surface area (Å²) in [6.07, 6.45) is 1.49. The molecule has 6 nitrogen and oxygen atoms in total. The van der Waals surface area contributed by atoms with Crippen molar-refractivity contribution in [3.63, 3.8) is 0 Å². The molecule has 2 aromatic rings. The normalized spacial score (nSPS) is 10.9. The van der Waals surface area contributed by atoms with Gasteiger partial charge in [0.2, 0.25) is 5.78 Å². The highest BCUT2D eigenvalue weighted by Gasteiger charge is 2.22. The molecular formula is C18H19ClN2O4. The molecule has 0 fully saturated rings. The minimum Gasteiger partial charge on any atom is -0.462 e. The standard InChI is InChI=1S/C18H19ClN2O4/c1-4-24-18(23)16-11(2)17(21-12(16)3)15(22)10-25-20-9-13-5-7-14(19)8-6-13/h5-9,21H,4,10H2,1-3H3/b20-9+. The minimum atomic E-state index is -0.450. The fourth-order valence-electron chi connectivity index (χ4n) is 2.35. The Kier molecular flexibility index (Phi) is 6.36. The van der Waals surface area contributed by atoms with Gasteiger partial charge in [-0.15, -0.1) is 0 Å². The first-order valence-electron chi connectivity index (χ1n) is 7.74. The number of ether oxygens (including phenoxy) is 1. The van der Waals surface area contributed by atoms with Crippen LogP contribution >= 0.6 is 11.6 Å². The Hall–Kier alpha value is -2.60. The minimum absolute atomic E-state index is 0.243. The first kappa shape index (κ1) is 18.7. The lowest BCUT2D eigenvalue weighted by Gasteiger charge is -2.02. The summed E-state index contributed by atoms with van der Waals surface area (Å²) in [6.45, 7) is 5.17. The van der Waals surface area contributed by atoms with Gasteiger partial charge in [0.1, 0.15) is 0 Å². The molecule has 0 aliphatic heterocycles. The topological polar surface area (TPSA) is 80.8 Å². The highest BCUT2D eigenvalue weighted by molar-refractivity contribution is 6.30. The number of nitrogens with zero attached hydrogens (tertiary/aromatic N) is 1. The van der Waals surface area contributed by atoms with Crippen molar-refractivity contribution in [3.8, 4) is 0 Å². The van der Waals surface area contributed by atoms with E-state index in [-0.39, 0.29) is 19.0 Å². The van der Waals surface area contributed by atoms with Crippen molar-refractivity contribution in [3.05, 3.63) is 57.4 Å². The van der Waals surface area contributed by atoms with Crippen molar-refractivity contribution in [2.75, 3.05) is 13.2 Å². The number of benzene rings is 1. The number of aromatic amines is 1. The van der Waals surface area contributed by atoms with E-state index in [1.54, 1.807) is 45.0 Å². The van der Waals surface area contributed by atoms with Crippen LogP contribution in [0.5, 0.6) is 0 Å². The fourth-order valence-corrected chi connectivity index (χ4v) is 2.48. The number of carbonyl (C=O) groups excluding carboxylic acids is 2. The summed E-state index contributed by atoms with van der Waals surface area (Å²) in [4.78, 5) is 32.2. The second-order valence-corrected chi connectivity index (χ2v) is 5.76. The number of ketones is 1. The average molecular weight is 363 g/mol. The van der Waals surface area contributed by atoms with Crippen molar-refractivity contribution in [1.82, 2.24) is 4.98 Å². The maximum atomic E-state index is 12.3. The van der Waals surface area contributed by atoms with Crippen molar-refractivity contribution in [2.45, 2.75) is 20.8 Å². The van der Waals surface area contributed by atoms with E-state index in [2.05, 4.69) is 10.1 Å². The Morgan fingerprint density at radius 3 is 2.56 bits per heavy atom. The van der Waals surface area contributed by atoms with Gasteiger partial charge in [-0.3, -0.25) is 4.79 Å². The molecule has 0 bridgehead atoms. The molecule has 0 aliphatic carbocycles. The summed E-state index contributed by atoms with van der Waals surface area (Å²) >= 11 is 5.80. The van der Waals surface area contributed by atoms with Gasteiger partial charge in [-0.1, -0.05) is 28.9 Å². The van der Waals surface area contributed by atoms with Crippen LogP contribution in [0.1, 0.15) is 44.6 Å². The molecule has 0 atom stereocenters. The molecular weight excluding hydrogens is 344 g/mol. The van der Waals surface area contributed by atoms with E-state index in [1.165, 1.54) is 6.21 Å². The van der Waals surface area contributed by atoms with E-state index in [4.69, 9.17) is 21.2 Å². The van der Waals surface area contributed by atoms with Gasteiger partial charge in [0, 0.05) is 10.7 Å². The smallest absolute Gasteiger partial charge is 0.340 e. The van der Waals surface area contributed by atoms with Crippen LogP contribution in [0.4, 0.5) is 0 Å². The van der Waals surface area contributed by atoms with E-state index in [1.807, 2.05) is 0 Å². The largest absolute Gasteiger partial charge is 0.462 e. The van der Waals surface area contributed by atoms with Crippen molar-refractivity contribution in [2.24, 2.45) is 5.16 Å². The molecule has 1 aromatic heterocycles. The summed E-state index contributed by atoms with van der Waals surface area (Å²) in [6, 6.07) is 7.02. The van der Waals surface area contributed by atoms with Crippen LogP contribution in [0.25, 0.3) is 0 Å². The third-order valence-electron chi connectivity index (χ3n) is 3.54. The molecule has 0 aliphatic rings. The molecule has 0 spiro atoms. The SMILES string of the molecule is CCOC(=O)c1c(C)[nH]c(C(=O)CO/N=C/c2ccc(Cl)cc2)c1C. The molecule has 0 radical (unpaired) electrons. The molecule has 7 heteroatoms. The van der Waals surface area contributed by atoms with Gasteiger partial charge in [0.25, 0.3) is 0 Å². The predicted molar refractivity (Wildman–Crippen MR) is 95.6 cm³/mol. The second kappa shape index (κ2) is 8.48. The number of aromatic nitrogens is 1. The van der Waals surface area contributed by atoms with Crippen molar-refractivity contribution < 1.29 is 19.2 Å². The lowest BCUT2D eigenvalue weighted by atomic mass is 10.1. The molecule has 0 unspecified atom stereocenters. The van der Waals surface area contributed by atoms with Crippen molar-refractivity contribution in [1.29, 1.82) is 0 Å². The maximum Gasteiger partial charge on any atom is 0.340 e. The molecule has 1 heterocycles. The van der Waals surface area contributed by atoms with Crippen LogP contribution < -0.4 is 0 Å².